The van der Waals surface area contributed by atoms with Gasteiger partial charge in [0.25, 0.3) is 0 Å². The number of nitrogens with zero attached hydrogens (tertiary/aromatic N) is 1. The normalized spacial score (nSPS) is 21.0. The minimum atomic E-state index is -0.209. The summed E-state index contributed by atoms with van der Waals surface area (Å²) in [5.41, 5.74) is 8.11. The van der Waals surface area contributed by atoms with Gasteiger partial charge in [0.05, 0.1) is 12.6 Å². The quantitative estimate of drug-likeness (QED) is 0.789. The summed E-state index contributed by atoms with van der Waals surface area (Å²) in [6, 6.07) is 17.7. The summed E-state index contributed by atoms with van der Waals surface area (Å²) in [7, 11) is 0. The van der Waals surface area contributed by atoms with Crippen molar-refractivity contribution in [3.63, 3.8) is 0 Å². The van der Waals surface area contributed by atoms with Crippen LogP contribution in [0.1, 0.15) is 25.3 Å². The zero-order chi connectivity index (χ0) is 19.2. The lowest BCUT2D eigenvalue weighted by Gasteiger charge is -2.23. The molecule has 1 saturated heterocycles. The molecule has 5 nitrogen and oxygen atoms in total. The van der Waals surface area contributed by atoms with Gasteiger partial charge in [-0.05, 0) is 56.1 Å². The van der Waals surface area contributed by atoms with Gasteiger partial charge in [0.2, 0.25) is 5.91 Å². The highest BCUT2D eigenvalue weighted by Crippen LogP contribution is 2.33. The zero-order valence-corrected chi connectivity index (χ0v) is 16.1. The molecule has 144 valence electrons. The van der Waals surface area contributed by atoms with E-state index in [2.05, 4.69) is 34.5 Å². The van der Waals surface area contributed by atoms with Crippen molar-refractivity contribution in [1.29, 1.82) is 0 Å². The smallest absolute Gasteiger partial charge is 0.241 e. The molecule has 5 heteroatoms. The Balaban J connectivity index is 1.63. The van der Waals surface area contributed by atoms with E-state index >= 15 is 0 Å². The number of likely N-dealkylation sites (tertiary alicyclic amines) is 1. The van der Waals surface area contributed by atoms with Gasteiger partial charge in [0.15, 0.2) is 0 Å². The van der Waals surface area contributed by atoms with Crippen LogP contribution in [0.4, 0.5) is 5.69 Å². The lowest BCUT2D eigenvalue weighted by atomic mass is 9.89. The topological polar surface area (TPSA) is 67.6 Å². The monoisotopic (exact) mass is 367 g/mol. The average molecular weight is 367 g/mol. The van der Waals surface area contributed by atoms with E-state index in [1.807, 2.05) is 44.2 Å². The number of carbonyl (C=O) groups excluding carboxylic acids is 1. The van der Waals surface area contributed by atoms with Crippen molar-refractivity contribution >= 4 is 11.6 Å². The van der Waals surface area contributed by atoms with E-state index in [0.29, 0.717) is 25.0 Å². The fourth-order valence-electron chi connectivity index (χ4n) is 3.75. The zero-order valence-electron chi connectivity index (χ0n) is 16.1. The van der Waals surface area contributed by atoms with E-state index in [1.54, 1.807) is 0 Å². The number of hydrogen-bond acceptors (Lipinski definition) is 4. The van der Waals surface area contributed by atoms with Crippen molar-refractivity contribution in [2.75, 3.05) is 31.6 Å². The summed E-state index contributed by atoms with van der Waals surface area (Å²) in [5.74, 6) is 1.55. The van der Waals surface area contributed by atoms with Gasteiger partial charge in [-0.2, -0.15) is 0 Å². The molecular formula is C22H29N3O2. The Hall–Kier alpha value is -2.37. The summed E-state index contributed by atoms with van der Waals surface area (Å²) in [6.07, 6.45) is 0. The van der Waals surface area contributed by atoms with Crippen molar-refractivity contribution in [3.8, 4) is 5.75 Å². The van der Waals surface area contributed by atoms with Crippen LogP contribution in [-0.4, -0.2) is 43.1 Å². The SMILES string of the molecule is CCOc1ccc(NC(=O)C(C)N2C[C@@H](CN)[C@H](c3ccccc3)C2)cc1. The molecule has 0 aromatic heterocycles. The lowest BCUT2D eigenvalue weighted by molar-refractivity contribution is -0.120. The van der Waals surface area contributed by atoms with E-state index in [1.165, 1.54) is 5.56 Å². The fraction of sp³-hybridized carbons (Fsp3) is 0.409. The molecule has 1 aliphatic heterocycles. The molecule has 1 heterocycles. The van der Waals surface area contributed by atoms with Gasteiger partial charge in [-0.15, -0.1) is 0 Å². The number of carbonyl (C=O) groups is 1. The molecule has 3 atom stereocenters. The van der Waals surface area contributed by atoms with Gasteiger partial charge >= 0.3 is 0 Å². The van der Waals surface area contributed by atoms with Gasteiger partial charge in [-0.25, -0.2) is 0 Å². The summed E-state index contributed by atoms with van der Waals surface area (Å²) >= 11 is 0. The van der Waals surface area contributed by atoms with Crippen LogP contribution in [-0.2, 0) is 4.79 Å². The molecule has 0 bridgehead atoms. The van der Waals surface area contributed by atoms with Crippen LogP contribution in [0.15, 0.2) is 54.6 Å². The maximum absolute atomic E-state index is 12.7. The van der Waals surface area contributed by atoms with Crippen molar-refractivity contribution in [2.45, 2.75) is 25.8 Å². The minimum absolute atomic E-state index is 0.00337. The molecule has 1 fully saturated rings. The third kappa shape index (κ3) is 4.67. The molecule has 3 rings (SSSR count). The number of nitrogens with one attached hydrogen (secondary N) is 1. The third-order valence-corrected chi connectivity index (χ3v) is 5.36. The molecular weight excluding hydrogens is 338 g/mol. The first kappa shape index (κ1) is 19.4. The first-order valence-electron chi connectivity index (χ1n) is 9.65. The molecule has 1 amide bonds. The van der Waals surface area contributed by atoms with Crippen LogP contribution in [0.5, 0.6) is 5.75 Å². The highest BCUT2D eigenvalue weighted by Gasteiger charge is 2.36. The van der Waals surface area contributed by atoms with Crippen LogP contribution in [0.3, 0.4) is 0 Å². The largest absolute Gasteiger partial charge is 0.494 e. The van der Waals surface area contributed by atoms with Crippen molar-refractivity contribution < 1.29 is 9.53 Å². The molecule has 0 saturated carbocycles. The second kappa shape index (κ2) is 9.02. The molecule has 1 unspecified atom stereocenters. The van der Waals surface area contributed by atoms with E-state index in [4.69, 9.17) is 10.5 Å². The Morgan fingerprint density at radius 3 is 2.52 bits per heavy atom. The molecule has 0 spiro atoms. The van der Waals surface area contributed by atoms with Crippen LogP contribution >= 0.6 is 0 Å². The molecule has 0 aliphatic carbocycles. The number of hydrogen-bond donors (Lipinski definition) is 2. The van der Waals surface area contributed by atoms with E-state index < -0.39 is 0 Å². The fourth-order valence-corrected chi connectivity index (χ4v) is 3.75. The Morgan fingerprint density at radius 2 is 1.89 bits per heavy atom. The molecule has 2 aromatic carbocycles. The maximum Gasteiger partial charge on any atom is 0.241 e. The van der Waals surface area contributed by atoms with Crippen molar-refractivity contribution in [2.24, 2.45) is 11.7 Å². The van der Waals surface area contributed by atoms with E-state index in [-0.39, 0.29) is 11.9 Å². The first-order chi connectivity index (χ1) is 13.1. The lowest BCUT2D eigenvalue weighted by Crippen LogP contribution is -2.41. The Bertz CT molecular complexity index is 733. The Kier molecular flexibility index (Phi) is 6.48. The van der Waals surface area contributed by atoms with Gasteiger partial charge in [0, 0.05) is 24.7 Å². The van der Waals surface area contributed by atoms with Crippen LogP contribution in [0.25, 0.3) is 0 Å². The molecule has 3 N–H and O–H groups in total. The molecule has 0 radical (unpaired) electrons. The summed E-state index contributed by atoms with van der Waals surface area (Å²) in [5, 5.41) is 3.01. The number of ether oxygens (including phenoxy) is 1. The van der Waals surface area contributed by atoms with Crippen LogP contribution in [0, 0.1) is 5.92 Å². The minimum Gasteiger partial charge on any atom is -0.494 e. The maximum atomic E-state index is 12.7. The summed E-state index contributed by atoms with van der Waals surface area (Å²) in [6.45, 7) is 6.86. The third-order valence-electron chi connectivity index (χ3n) is 5.36. The number of rotatable bonds is 7. The van der Waals surface area contributed by atoms with Gasteiger partial charge in [-0.1, -0.05) is 30.3 Å². The Labute approximate surface area is 161 Å². The van der Waals surface area contributed by atoms with E-state index in [9.17, 15) is 4.79 Å². The molecule has 2 aromatic rings. The van der Waals surface area contributed by atoms with Crippen LogP contribution in [0.2, 0.25) is 0 Å². The average Bonchev–Trinajstić information content (AvgIpc) is 3.14. The van der Waals surface area contributed by atoms with Gasteiger partial charge < -0.3 is 15.8 Å². The van der Waals surface area contributed by atoms with Gasteiger partial charge in [0.1, 0.15) is 5.75 Å². The van der Waals surface area contributed by atoms with Crippen molar-refractivity contribution in [3.05, 3.63) is 60.2 Å². The number of nitrogens with two attached hydrogens (primary N) is 1. The number of benzene rings is 2. The molecule has 27 heavy (non-hydrogen) atoms. The predicted molar refractivity (Wildman–Crippen MR) is 109 cm³/mol. The predicted octanol–water partition coefficient (Wildman–Crippen LogP) is 3.09. The summed E-state index contributed by atoms with van der Waals surface area (Å²) in [4.78, 5) is 15.0. The highest BCUT2D eigenvalue weighted by molar-refractivity contribution is 5.94. The second-order valence-corrected chi connectivity index (χ2v) is 7.09. The first-order valence-corrected chi connectivity index (χ1v) is 9.65. The number of anilines is 1. The standard InChI is InChI=1S/C22H29N3O2/c1-3-27-20-11-9-19(10-12-20)24-22(26)16(2)25-14-18(13-23)21(15-25)17-7-5-4-6-8-17/h4-12,16,18,21H,3,13-15,23H2,1-2H3,(H,24,26)/t16?,18-,21+/m1/s1. The molecule has 1 aliphatic rings. The van der Waals surface area contributed by atoms with Crippen molar-refractivity contribution in [1.82, 2.24) is 4.90 Å². The summed E-state index contributed by atoms with van der Waals surface area (Å²) < 4.78 is 5.44. The highest BCUT2D eigenvalue weighted by atomic mass is 16.5. The van der Waals surface area contributed by atoms with Gasteiger partial charge in [-0.3, -0.25) is 9.69 Å². The Morgan fingerprint density at radius 1 is 1.19 bits per heavy atom. The van der Waals surface area contributed by atoms with E-state index in [0.717, 1.165) is 24.5 Å². The second-order valence-electron chi connectivity index (χ2n) is 7.09. The number of amides is 1. The van der Waals surface area contributed by atoms with Crippen LogP contribution < -0.4 is 15.8 Å².